The van der Waals surface area contributed by atoms with Gasteiger partial charge in [0.15, 0.2) is 0 Å². The molecular weight excluding hydrogens is 386 g/mol. The highest BCUT2D eigenvalue weighted by atomic mass is 16.2. The van der Waals surface area contributed by atoms with Gasteiger partial charge in [0.2, 0.25) is 0 Å². The van der Waals surface area contributed by atoms with E-state index in [2.05, 4.69) is 15.5 Å². The molecule has 2 amide bonds. The van der Waals surface area contributed by atoms with Gasteiger partial charge in [-0.1, -0.05) is 48.5 Å². The molecule has 1 aliphatic rings. The van der Waals surface area contributed by atoms with E-state index in [1.807, 2.05) is 67.6 Å². The molecule has 158 valence electrons. The van der Waals surface area contributed by atoms with Crippen LogP contribution in [0.15, 0.2) is 78.9 Å². The molecule has 5 heteroatoms. The van der Waals surface area contributed by atoms with Crippen molar-refractivity contribution in [2.75, 3.05) is 23.3 Å². The van der Waals surface area contributed by atoms with E-state index in [4.69, 9.17) is 0 Å². The monoisotopic (exact) mass is 413 g/mol. The molecule has 0 aromatic heterocycles. The fourth-order valence-corrected chi connectivity index (χ4v) is 3.92. The lowest BCUT2D eigenvalue weighted by molar-refractivity contribution is 0.0939. The standard InChI is InChI=1S/C26H27N3O2/c1-19(20-10-4-2-5-11-20)27-26(31)23-18-22(14-15-24(23)29-16-8-9-17-29)28-25(30)21-12-6-3-7-13-21/h2-7,10-15,18-19H,8-9,16-17H2,1H3,(H,27,31)(H,28,30). The number of amides is 2. The minimum absolute atomic E-state index is 0.123. The van der Waals surface area contributed by atoms with E-state index in [0.29, 0.717) is 16.8 Å². The second-order valence-corrected chi connectivity index (χ2v) is 7.85. The summed E-state index contributed by atoms with van der Waals surface area (Å²) in [4.78, 5) is 28.1. The minimum atomic E-state index is -0.196. The van der Waals surface area contributed by atoms with Crippen LogP contribution in [0, 0.1) is 0 Å². The van der Waals surface area contributed by atoms with E-state index in [9.17, 15) is 9.59 Å². The van der Waals surface area contributed by atoms with Crippen LogP contribution < -0.4 is 15.5 Å². The first-order chi connectivity index (χ1) is 15.1. The van der Waals surface area contributed by atoms with Crippen molar-refractivity contribution in [1.82, 2.24) is 5.32 Å². The van der Waals surface area contributed by atoms with E-state index in [1.54, 1.807) is 18.2 Å². The number of nitrogens with zero attached hydrogens (tertiary/aromatic N) is 1. The van der Waals surface area contributed by atoms with Crippen LogP contribution in [0.3, 0.4) is 0 Å². The molecule has 0 radical (unpaired) electrons. The van der Waals surface area contributed by atoms with Gasteiger partial charge in [0, 0.05) is 30.0 Å². The molecule has 0 saturated carbocycles. The number of carbonyl (C=O) groups is 2. The molecule has 1 saturated heterocycles. The summed E-state index contributed by atoms with van der Waals surface area (Å²) in [6, 6.07) is 24.4. The molecule has 1 fully saturated rings. The van der Waals surface area contributed by atoms with E-state index >= 15 is 0 Å². The Kier molecular flexibility index (Phi) is 6.32. The van der Waals surface area contributed by atoms with Gasteiger partial charge in [0.1, 0.15) is 0 Å². The summed E-state index contributed by atoms with van der Waals surface area (Å²) in [6.45, 7) is 3.85. The van der Waals surface area contributed by atoms with Crippen molar-refractivity contribution in [3.63, 3.8) is 0 Å². The summed E-state index contributed by atoms with van der Waals surface area (Å²) in [5, 5.41) is 6.03. The zero-order valence-corrected chi connectivity index (χ0v) is 17.7. The fraction of sp³-hybridized carbons (Fsp3) is 0.231. The van der Waals surface area contributed by atoms with Crippen molar-refractivity contribution in [3.8, 4) is 0 Å². The molecule has 1 heterocycles. The Hall–Kier alpha value is -3.60. The molecule has 2 N–H and O–H groups in total. The number of benzene rings is 3. The quantitative estimate of drug-likeness (QED) is 0.596. The topological polar surface area (TPSA) is 61.4 Å². The van der Waals surface area contributed by atoms with Crippen LogP contribution in [0.25, 0.3) is 0 Å². The molecule has 0 bridgehead atoms. The number of carbonyl (C=O) groups excluding carboxylic acids is 2. The molecule has 3 aromatic carbocycles. The number of rotatable bonds is 6. The lowest BCUT2D eigenvalue weighted by atomic mass is 10.1. The Morgan fingerprint density at radius 1 is 0.839 bits per heavy atom. The Morgan fingerprint density at radius 3 is 2.16 bits per heavy atom. The third-order valence-electron chi connectivity index (χ3n) is 5.63. The van der Waals surface area contributed by atoms with Crippen LogP contribution in [0.2, 0.25) is 0 Å². The second-order valence-electron chi connectivity index (χ2n) is 7.85. The molecule has 3 aromatic rings. The number of hydrogen-bond acceptors (Lipinski definition) is 3. The summed E-state index contributed by atoms with van der Waals surface area (Å²) in [6.07, 6.45) is 2.24. The lowest BCUT2D eigenvalue weighted by Gasteiger charge is -2.23. The van der Waals surface area contributed by atoms with Gasteiger partial charge in [0.05, 0.1) is 11.6 Å². The average Bonchev–Trinajstić information content (AvgIpc) is 3.35. The Balaban J connectivity index is 1.59. The van der Waals surface area contributed by atoms with Gasteiger partial charge in [-0.25, -0.2) is 0 Å². The van der Waals surface area contributed by atoms with Gasteiger partial charge in [-0.15, -0.1) is 0 Å². The number of nitrogens with one attached hydrogen (secondary N) is 2. The first-order valence-corrected chi connectivity index (χ1v) is 10.7. The Labute approximate surface area is 183 Å². The van der Waals surface area contributed by atoms with Crippen molar-refractivity contribution in [1.29, 1.82) is 0 Å². The second kappa shape index (κ2) is 9.47. The van der Waals surface area contributed by atoms with Crippen molar-refractivity contribution in [2.45, 2.75) is 25.8 Å². The summed E-state index contributed by atoms with van der Waals surface area (Å²) in [5.41, 5.74) is 3.72. The van der Waals surface area contributed by atoms with Gasteiger partial charge in [-0.05, 0) is 55.7 Å². The van der Waals surface area contributed by atoms with Crippen LogP contribution in [0.5, 0.6) is 0 Å². The van der Waals surface area contributed by atoms with Gasteiger partial charge < -0.3 is 15.5 Å². The predicted molar refractivity (Wildman–Crippen MR) is 125 cm³/mol. The Morgan fingerprint density at radius 2 is 1.48 bits per heavy atom. The molecule has 1 aliphatic heterocycles. The molecule has 1 unspecified atom stereocenters. The first kappa shape index (κ1) is 20.7. The highest BCUT2D eigenvalue weighted by Crippen LogP contribution is 2.28. The maximum atomic E-state index is 13.3. The zero-order chi connectivity index (χ0) is 21.6. The van der Waals surface area contributed by atoms with Gasteiger partial charge >= 0.3 is 0 Å². The van der Waals surface area contributed by atoms with Crippen LogP contribution in [-0.4, -0.2) is 24.9 Å². The fourth-order valence-electron chi connectivity index (χ4n) is 3.92. The molecule has 0 spiro atoms. The lowest BCUT2D eigenvalue weighted by Crippen LogP contribution is -2.29. The highest BCUT2D eigenvalue weighted by Gasteiger charge is 2.22. The predicted octanol–water partition coefficient (Wildman–Crippen LogP) is 5.03. The summed E-state index contributed by atoms with van der Waals surface area (Å²) < 4.78 is 0. The zero-order valence-electron chi connectivity index (χ0n) is 17.7. The van der Waals surface area contributed by atoms with Crippen LogP contribution in [-0.2, 0) is 0 Å². The van der Waals surface area contributed by atoms with Crippen LogP contribution in [0.4, 0.5) is 11.4 Å². The minimum Gasteiger partial charge on any atom is -0.371 e. The van der Waals surface area contributed by atoms with Gasteiger partial charge in [0.25, 0.3) is 11.8 Å². The van der Waals surface area contributed by atoms with E-state index in [-0.39, 0.29) is 17.9 Å². The number of anilines is 2. The summed E-state index contributed by atoms with van der Waals surface area (Å²) in [5.74, 6) is -0.340. The van der Waals surface area contributed by atoms with E-state index in [1.165, 1.54) is 0 Å². The number of hydrogen-bond donors (Lipinski definition) is 2. The van der Waals surface area contributed by atoms with E-state index < -0.39 is 0 Å². The maximum absolute atomic E-state index is 13.3. The van der Waals surface area contributed by atoms with Gasteiger partial charge in [-0.2, -0.15) is 0 Å². The van der Waals surface area contributed by atoms with Crippen molar-refractivity contribution < 1.29 is 9.59 Å². The van der Waals surface area contributed by atoms with Crippen molar-refractivity contribution >= 4 is 23.2 Å². The molecule has 0 aliphatic carbocycles. The van der Waals surface area contributed by atoms with Crippen molar-refractivity contribution in [2.24, 2.45) is 0 Å². The third-order valence-corrected chi connectivity index (χ3v) is 5.63. The SMILES string of the molecule is CC(NC(=O)c1cc(NC(=O)c2ccccc2)ccc1N1CCCC1)c1ccccc1. The maximum Gasteiger partial charge on any atom is 0.255 e. The molecule has 5 nitrogen and oxygen atoms in total. The largest absolute Gasteiger partial charge is 0.371 e. The molecule has 1 atom stereocenters. The summed E-state index contributed by atoms with van der Waals surface area (Å²) >= 11 is 0. The molecule has 31 heavy (non-hydrogen) atoms. The normalized spacial score (nSPS) is 14.2. The summed E-state index contributed by atoms with van der Waals surface area (Å²) in [7, 11) is 0. The van der Waals surface area contributed by atoms with Crippen molar-refractivity contribution in [3.05, 3.63) is 95.6 Å². The molecular formula is C26H27N3O2. The first-order valence-electron chi connectivity index (χ1n) is 10.7. The average molecular weight is 414 g/mol. The van der Waals surface area contributed by atoms with Crippen LogP contribution in [0.1, 0.15) is 52.1 Å². The molecule has 4 rings (SSSR count). The van der Waals surface area contributed by atoms with Crippen LogP contribution >= 0.6 is 0 Å². The Bertz CT molecular complexity index is 1040. The highest BCUT2D eigenvalue weighted by molar-refractivity contribution is 6.06. The van der Waals surface area contributed by atoms with Gasteiger partial charge in [-0.3, -0.25) is 9.59 Å². The third kappa shape index (κ3) is 4.94. The smallest absolute Gasteiger partial charge is 0.255 e. The van der Waals surface area contributed by atoms with E-state index in [0.717, 1.165) is 37.2 Å².